The summed E-state index contributed by atoms with van der Waals surface area (Å²) in [7, 11) is 0. The van der Waals surface area contributed by atoms with Gasteiger partial charge < -0.3 is 0 Å². The van der Waals surface area contributed by atoms with Crippen LogP contribution in [0.3, 0.4) is 0 Å². The lowest BCUT2D eigenvalue weighted by Crippen LogP contribution is -2.20. The van der Waals surface area contributed by atoms with Crippen LogP contribution in [0.25, 0.3) is 0 Å². The molecule has 92 valence electrons. The van der Waals surface area contributed by atoms with Gasteiger partial charge in [0.1, 0.15) is 0 Å². The van der Waals surface area contributed by atoms with Gasteiger partial charge in [0.2, 0.25) is 0 Å². The van der Waals surface area contributed by atoms with Gasteiger partial charge in [-0.2, -0.15) is 4.53 Å². The summed E-state index contributed by atoms with van der Waals surface area (Å²) in [6.45, 7) is 3.07. The van der Waals surface area contributed by atoms with E-state index in [0.29, 0.717) is 0 Å². The molecule has 3 heteroatoms. The van der Waals surface area contributed by atoms with Crippen LogP contribution >= 0.6 is 11.8 Å². The van der Waals surface area contributed by atoms with E-state index in [2.05, 4.69) is 6.92 Å². The van der Waals surface area contributed by atoms with Crippen LogP contribution in [-0.2, 0) is 0 Å². The van der Waals surface area contributed by atoms with Crippen LogP contribution in [0.15, 0.2) is 0 Å². The van der Waals surface area contributed by atoms with Gasteiger partial charge in [0.15, 0.2) is 0 Å². The van der Waals surface area contributed by atoms with E-state index in [1.807, 2.05) is 0 Å². The molecule has 0 aromatic heterocycles. The number of hydrazine groups is 1. The van der Waals surface area contributed by atoms with Gasteiger partial charge >= 0.3 is 0 Å². The molecule has 0 amide bonds. The van der Waals surface area contributed by atoms with E-state index < -0.39 is 0 Å². The van der Waals surface area contributed by atoms with Crippen molar-refractivity contribution in [1.82, 2.24) is 4.53 Å². The third-order valence-corrected chi connectivity index (χ3v) is 2.89. The third-order valence-electron chi connectivity index (χ3n) is 2.73. The van der Waals surface area contributed by atoms with Gasteiger partial charge in [-0.1, -0.05) is 64.7 Å². The average molecular weight is 235 g/mol. The predicted molar refractivity (Wildman–Crippen MR) is 68.6 cm³/mol. The molecule has 0 aliphatic rings. The number of hydrogen-bond acceptors (Lipinski definition) is 2. The van der Waals surface area contributed by atoms with E-state index in [1.165, 1.54) is 62.3 Å². The maximum Gasteiger partial charge on any atom is 0.0293 e. The summed E-state index contributed by atoms with van der Waals surface area (Å²) < 4.78 is 1.25. The zero-order chi connectivity index (χ0) is 11.4. The first kappa shape index (κ1) is 15.2. The van der Waals surface area contributed by atoms with Crippen LogP contribution < -0.4 is 5.84 Å². The molecular formula is C12H27ClN2. The molecule has 0 aliphatic carbocycles. The highest BCUT2D eigenvalue weighted by atomic mass is 35.5. The summed E-state index contributed by atoms with van der Waals surface area (Å²) in [5.41, 5.74) is 0. The highest BCUT2D eigenvalue weighted by Gasteiger charge is 1.94. The largest absolute Gasteiger partial charge is 0.254 e. The van der Waals surface area contributed by atoms with Crippen molar-refractivity contribution < 1.29 is 0 Å². The number of hydrogen-bond donors (Lipinski definition) is 1. The smallest absolute Gasteiger partial charge is 0.0293 e. The first-order chi connectivity index (χ1) is 7.27. The molecule has 0 aromatic carbocycles. The topological polar surface area (TPSA) is 29.3 Å². The molecular weight excluding hydrogens is 208 g/mol. The van der Waals surface area contributed by atoms with Gasteiger partial charge in [-0.15, -0.1) is 0 Å². The van der Waals surface area contributed by atoms with Gasteiger partial charge in [0, 0.05) is 6.54 Å². The van der Waals surface area contributed by atoms with E-state index in [9.17, 15) is 0 Å². The lowest BCUT2D eigenvalue weighted by atomic mass is 10.1. The fourth-order valence-electron chi connectivity index (χ4n) is 1.75. The normalized spacial score (nSPS) is 11.2. The SMILES string of the molecule is CCCCCCCCCCCCN(N)Cl. The van der Waals surface area contributed by atoms with Crippen molar-refractivity contribution >= 4 is 11.8 Å². The maximum atomic E-state index is 5.50. The molecule has 0 rings (SSSR count). The van der Waals surface area contributed by atoms with Crippen LogP contribution in [0.2, 0.25) is 0 Å². The third kappa shape index (κ3) is 14.2. The van der Waals surface area contributed by atoms with Crippen molar-refractivity contribution in [2.45, 2.75) is 71.1 Å². The molecule has 2 nitrogen and oxygen atoms in total. The molecule has 0 spiro atoms. The summed E-state index contributed by atoms with van der Waals surface area (Å²) in [5, 5.41) is 0. The Morgan fingerprint density at radius 3 is 1.60 bits per heavy atom. The zero-order valence-corrected chi connectivity index (χ0v) is 10.9. The van der Waals surface area contributed by atoms with Crippen LogP contribution in [-0.4, -0.2) is 11.1 Å². The van der Waals surface area contributed by atoms with Gasteiger partial charge in [0.05, 0.1) is 0 Å². The summed E-state index contributed by atoms with van der Waals surface area (Å²) in [5.74, 6) is 5.30. The van der Waals surface area contributed by atoms with E-state index in [0.717, 1.165) is 13.0 Å². The van der Waals surface area contributed by atoms with Crippen LogP contribution in [0.5, 0.6) is 0 Å². The van der Waals surface area contributed by atoms with Gasteiger partial charge in [-0.3, -0.25) is 5.84 Å². The Balaban J connectivity index is 2.87. The summed E-state index contributed by atoms with van der Waals surface area (Å²) in [6.07, 6.45) is 13.5. The predicted octanol–water partition coefficient (Wildman–Crippen LogP) is 4.24. The van der Waals surface area contributed by atoms with Crippen LogP contribution in [0.1, 0.15) is 71.1 Å². The quantitative estimate of drug-likeness (QED) is 0.251. The molecule has 0 saturated heterocycles. The molecule has 0 heterocycles. The van der Waals surface area contributed by atoms with Gasteiger partial charge in [-0.25, -0.2) is 0 Å². The lowest BCUT2D eigenvalue weighted by Gasteiger charge is -2.05. The second-order valence-electron chi connectivity index (χ2n) is 4.31. The molecule has 0 aromatic rings. The van der Waals surface area contributed by atoms with Crippen LogP contribution in [0, 0.1) is 0 Å². The maximum absolute atomic E-state index is 5.50. The van der Waals surface area contributed by atoms with Crippen molar-refractivity contribution in [3.63, 3.8) is 0 Å². The molecule has 0 fully saturated rings. The monoisotopic (exact) mass is 234 g/mol. The number of unbranched alkanes of at least 4 members (excludes halogenated alkanes) is 9. The van der Waals surface area contributed by atoms with Crippen LogP contribution in [0.4, 0.5) is 0 Å². The Bertz CT molecular complexity index is 118. The Labute approximate surface area is 100 Å². The number of halogens is 1. The van der Waals surface area contributed by atoms with E-state index in [1.54, 1.807) is 0 Å². The van der Waals surface area contributed by atoms with E-state index >= 15 is 0 Å². The molecule has 0 radical (unpaired) electrons. The standard InChI is InChI=1S/C12H27ClN2/c1-2-3-4-5-6-7-8-9-10-11-12-15(13)14/h2-12,14H2,1H3. The van der Waals surface area contributed by atoms with Crippen molar-refractivity contribution in [2.24, 2.45) is 5.84 Å². The first-order valence-electron chi connectivity index (χ1n) is 6.45. The fraction of sp³-hybridized carbons (Fsp3) is 1.00. The Kier molecular flexibility index (Phi) is 12.5. The zero-order valence-electron chi connectivity index (χ0n) is 10.2. The molecule has 15 heavy (non-hydrogen) atoms. The number of nitrogens with zero attached hydrogens (tertiary/aromatic N) is 1. The van der Waals surface area contributed by atoms with Gasteiger partial charge in [-0.05, 0) is 18.2 Å². The first-order valence-corrected chi connectivity index (χ1v) is 6.79. The second kappa shape index (κ2) is 12.3. The summed E-state index contributed by atoms with van der Waals surface area (Å²) in [4.78, 5) is 0. The number of rotatable bonds is 11. The highest BCUT2D eigenvalue weighted by Crippen LogP contribution is 2.10. The molecule has 2 N–H and O–H groups in total. The minimum absolute atomic E-state index is 0.804. The van der Waals surface area contributed by atoms with E-state index in [4.69, 9.17) is 17.6 Å². The molecule has 0 aliphatic heterocycles. The highest BCUT2D eigenvalue weighted by molar-refractivity contribution is 6.12. The fourth-order valence-corrected chi connectivity index (χ4v) is 1.87. The van der Waals surface area contributed by atoms with Crippen molar-refractivity contribution in [3.8, 4) is 0 Å². The Morgan fingerprint density at radius 1 is 0.800 bits per heavy atom. The van der Waals surface area contributed by atoms with Crippen molar-refractivity contribution in [1.29, 1.82) is 0 Å². The molecule has 0 saturated carbocycles. The minimum Gasteiger partial charge on any atom is -0.254 e. The van der Waals surface area contributed by atoms with E-state index in [-0.39, 0.29) is 0 Å². The minimum atomic E-state index is 0.804. The average Bonchev–Trinajstić information content (AvgIpc) is 2.20. The van der Waals surface area contributed by atoms with Crippen molar-refractivity contribution in [3.05, 3.63) is 0 Å². The molecule has 0 atom stereocenters. The summed E-state index contributed by atoms with van der Waals surface area (Å²) >= 11 is 5.50. The molecule has 0 bridgehead atoms. The Morgan fingerprint density at radius 2 is 1.20 bits per heavy atom. The lowest BCUT2D eigenvalue weighted by molar-refractivity contribution is 0.447. The Hall–Kier alpha value is 0.210. The molecule has 0 unspecified atom stereocenters. The summed E-state index contributed by atoms with van der Waals surface area (Å²) in [6, 6.07) is 0. The number of nitrogens with two attached hydrogens (primary N) is 1. The van der Waals surface area contributed by atoms with Crippen molar-refractivity contribution in [2.75, 3.05) is 6.54 Å². The van der Waals surface area contributed by atoms with Gasteiger partial charge in [0.25, 0.3) is 0 Å². The second-order valence-corrected chi connectivity index (χ2v) is 4.74.